The lowest BCUT2D eigenvalue weighted by Crippen LogP contribution is -2.25. The van der Waals surface area contributed by atoms with Gasteiger partial charge in [-0.05, 0) is 42.3 Å². The highest BCUT2D eigenvalue weighted by molar-refractivity contribution is 5.93. The number of amides is 2. The number of carbonyl (C=O) groups is 2. The Morgan fingerprint density at radius 1 is 1.05 bits per heavy atom. The summed E-state index contributed by atoms with van der Waals surface area (Å²) in [6, 6.07) is 18.6. The van der Waals surface area contributed by atoms with Crippen molar-refractivity contribution in [3.8, 4) is 11.5 Å². The van der Waals surface area contributed by atoms with Gasteiger partial charge >= 0.3 is 6.43 Å². The van der Waals surface area contributed by atoms with Crippen molar-refractivity contribution < 1.29 is 22.8 Å². The first-order valence-electron chi connectivity index (χ1n) is 12.9. The first-order chi connectivity index (χ1) is 19.4. The van der Waals surface area contributed by atoms with Crippen LogP contribution in [0.1, 0.15) is 49.8 Å². The van der Waals surface area contributed by atoms with Crippen molar-refractivity contribution in [1.29, 1.82) is 0 Å². The molecule has 2 heterocycles. The third kappa shape index (κ3) is 7.25. The molecule has 0 unspecified atom stereocenters. The van der Waals surface area contributed by atoms with Crippen LogP contribution in [0.3, 0.4) is 0 Å². The van der Waals surface area contributed by atoms with Gasteiger partial charge in [-0.2, -0.15) is 8.78 Å². The summed E-state index contributed by atoms with van der Waals surface area (Å²) in [6.45, 7) is 2.75. The summed E-state index contributed by atoms with van der Waals surface area (Å²) in [5, 5.41) is 9.91. The van der Waals surface area contributed by atoms with E-state index in [-0.39, 0.29) is 18.3 Å². The zero-order valence-electron chi connectivity index (χ0n) is 22.3. The van der Waals surface area contributed by atoms with E-state index in [2.05, 4.69) is 20.5 Å². The lowest BCUT2D eigenvalue weighted by Gasteiger charge is -2.28. The second-order valence-corrected chi connectivity index (χ2v) is 9.21. The highest BCUT2D eigenvalue weighted by Gasteiger charge is 2.19. The molecule has 0 radical (unpaired) electrons. The van der Waals surface area contributed by atoms with Gasteiger partial charge in [0.15, 0.2) is 0 Å². The Kier molecular flexibility index (Phi) is 9.50. The lowest BCUT2D eigenvalue weighted by molar-refractivity contribution is -0.116. The number of rotatable bonds is 13. The van der Waals surface area contributed by atoms with Gasteiger partial charge in [-0.15, -0.1) is 10.2 Å². The maximum atomic E-state index is 12.8. The summed E-state index contributed by atoms with van der Waals surface area (Å²) in [5.41, 5.74) is 4.02. The van der Waals surface area contributed by atoms with Crippen LogP contribution >= 0.6 is 0 Å². The van der Waals surface area contributed by atoms with Crippen LogP contribution in [-0.2, 0) is 22.7 Å². The fourth-order valence-electron chi connectivity index (χ4n) is 4.09. The highest BCUT2D eigenvalue weighted by atomic mass is 19.3. The largest absolute Gasteiger partial charge is 0.415 e. The number of hydrogen-bond donors (Lipinski definition) is 1. The molecule has 208 valence electrons. The van der Waals surface area contributed by atoms with E-state index < -0.39 is 12.3 Å². The van der Waals surface area contributed by atoms with Crippen molar-refractivity contribution in [1.82, 2.24) is 15.2 Å². The van der Waals surface area contributed by atoms with E-state index in [1.165, 1.54) is 11.1 Å². The molecule has 4 aromatic rings. The van der Waals surface area contributed by atoms with Gasteiger partial charge in [0.05, 0.1) is 29.2 Å². The lowest BCUT2D eigenvalue weighted by atomic mass is 10.1. The second-order valence-electron chi connectivity index (χ2n) is 9.21. The number of nitrogens with zero attached hydrogens (tertiary/aromatic N) is 5. The van der Waals surface area contributed by atoms with Crippen LogP contribution in [0.15, 0.2) is 71.3 Å². The standard InChI is InChI=1S/C29H30F2N6O3/c1-3-4-10-26(39)33-22-13-14-24(25(15-22)36(2)17-20-8-6-5-7-9-20)37(19-38)18-23-12-11-21(16-32-23)28-34-35-29(40-28)27(30)31/h5-9,11-16,19,27H,3-4,10,17-18H2,1-2H3,(H,33,39). The molecular formula is C29H30F2N6O3. The van der Waals surface area contributed by atoms with Gasteiger partial charge < -0.3 is 19.5 Å². The van der Waals surface area contributed by atoms with Crippen LogP contribution in [0.4, 0.5) is 25.8 Å². The number of carbonyl (C=O) groups excluding carboxylic acids is 2. The molecule has 11 heteroatoms. The Labute approximate surface area is 230 Å². The molecule has 0 bridgehead atoms. The second kappa shape index (κ2) is 13.4. The van der Waals surface area contributed by atoms with Gasteiger partial charge in [0.1, 0.15) is 0 Å². The topological polar surface area (TPSA) is 104 Å². The highest BCUT2D eigenvalue weighted by Crippen LogP contribution is 2.33. The Bertz CT molecular complexity index is 1410. The number of hydrogen-bond acceptors (Lipinski definition) is 7. The normalized spacial score (nSPS) is 10.9. The molecule has 2 aromatic carbocycles. The average molecular weight is 549 g/mol. The molecule has 2 amide bonds. The summed E-state index contributed by atoms with van der Waals surface area (Å²) < 4.78 is 30.5. The molecular weight excluding hydrogens is 518 g/mol. The van der Waals surface area contributed by atoms with E-state index >= 15 is 0 Å². The number of anilines is 3. The molecule has 0 aliphatic heterocycles. The van der Waals surface area contributed by atoms with Crippen LogP contribution < -0.4 is 15.1 Å². The van der Waals surface area contributed by atoms with Gasteiger partial charge in [0, 0.05) is 31.9 Å². The van der Waals surface area contributed by atoms with Crippen LogP contribution in [0.5, 0.6) is 0 Å². The summed E-state index contributed by atoms with van der Waals surface area (Å²) in [7, 11) is 1.92. The summed E-state index contributed by atoms with van der Waals surface area (Å²) in [4.78, 5) is 32.5. The molecule has 2 aromatic heterocycles. The number of alkyl halides is 2. The molecule has 0 aliphatic carbocycles. The average Bonchev–Trinajstić information content (AvgIpc) is 3.47. The van der Waals surface area contributed by atoms with Crippen molar-refractivity contribution >= 4 is 29.4 Å². The first-order valence-corrected chi connectivity index (χ1v) is 12.9. The zero-order chi connectivity index (χ0) is 28.5. The predicted molar refractivity (Wildman–Crippen MR) is 148 cm³/mol. The van der Waals surface area contributed by atoms with Gasteiger partial charge in [0.2, 0.25) is 18.2 Å². The van der Waals surface area contributed by atoms with E-state index in [9.17, 15) is 18.4 Å². The fourth-order valence-corrected chi connectivity index (χ4v) is 4.09. The molecule has 0 atom stereocenters. The Balaban J connectivity index is 1.58. The van der Waals surface area contributed by atoms with Gasteiger partial charge in [-0.25, -0.2) is 0 Å². The fraction of sp³-hybridized carbons (Fsp3) is 0.276. The minimum atomic E-state index is -2.86. The third-order valence-corrected chi connectivity index (χ3v) is 6.16. The van der Waals surface area contributed by atoms with Crippen molar-refractivity contribution in [2.75, 3.05) is 22.2 Å². The number of aromatic nitrogens is 3. The predicted octanol–water partition coefficient (Wildman–Crippen LogP) is 6.00. The summed E-state index contributed by atoms with van der Waals surface area (Å²) in [5.74, 6) is -0.893. The molecule has 0 aliphatic rings. The van der Waals surface area contributed by atoms with Crippen molar-refractivity contribution in [3.05, 3.63) is 84.0 Å². The van der Waals surface area contributed by atoms with Gasteiger partial charge in [-0.1, -0.05) is 43.7 Å². The van der Waals surface area contributed by atoms with Crippen LogP contribution in [0.25, 0.3) is 11.5 Å². The zero-order valence-corrected chi connectivity index (χ0v) is 22.3. The van der Waals surface area contributed by atoms with E-state index in [1.807, 2.05) is 55.3 Å². The SMILES string of the molecule is CCCCC(=O)Nc1ccc(N(C=O)Cc2ccc(-c3nnc(C(F)F)o3)cn2)c(N(C)Cc2ccccc2)c1. The summed E-state index contributed by atoms with van der Waals surface area (Å²) in [6.07, 6.45) is 1.44. The molecule has 0 saturated carbocycles. The Morgan fingerprint density at radius 3 is 2.50 bits per heavy atom. The smallest absolute Gasteiger partial charge is 0.314 e. The van der Waals surface area contributed by atoms with Crippen LogP contribution in [-0.4, -0.2) is 34.5 Å². The molecule has 40 heavy (non-hydrogen) atoms. The molecule has 0 fully saturated rings. The van der Waals surface area contributed by atoms with Crippen LogP contribution in [0, 0.1) is 0 Å². The van der Waals surface area contributed by atoms with E-state index in [4.69, 9.17) is 4.42 Å². The van der Waals surface area contributed by atoms with Crippen molar-refractivity contribution in [3.63, 3.8) is 0 Å². The Hall–Kier alpha value is -4.67. The van der Waals surface area contributed by atoms with E-state index in [0.29, 0.717) is 35.6 Å². The molecule has 0 spiro atoms. The van der Waals surface area contributed by atoms with Gasteiger partial charge in [0.25, 0.3) is 5.89 Å². The number of unbranched alkanes of at least 4 members (excludes halogenated alkanes) is 1. The van der Waals surface area contributed by atoms with E-state index in [0.717, 1.165) is 30.5 Å². The molecule has 9 nitrogen and oxygen atoms in total. The van der Waals surface area contributed by atoms with E-state index in [1.54, 1.807) is 24.3 Å². The number of halogens is 2. The molecule has 0 saturated heterocycles. The monoisotopic (exact) mass is 548 g/mol. The Morgan fingerprint density at radius 2 is 1.85 bits per heavy atom. The maximum Gasteiger partial charge on any atom is 0.314 e. The first kappa shape index (κ1) is 28.3. The molecule has 4 rings (SSSR count). The minimum absolute atomic E-state index is 0.0651. The minimum Gasteiger partial charge on any atom is -0.415 e. The maximum absolute atomic E-state index is 12.8. The van der Waals surface area contributed by atoms with Gasteiger partial charge in [-0.3, -0.25) is 14.6 Å². The van der Waals surface area contributed by atoms with Crippen molar-refractivity contribution in [2.24, 2.45) is 0 Å². The number of pyridine rings is 1. The van der Waals surface area contributed by atoms with Crippen molar-refractivity contribution in [2.45, 2.75) is 45.7 Å². The quantitative estimate of drug-likeness (QED) is 0.204. The number of benzene rings is 2. The van der Waals surface area contributed by atoms with Crippen LogP contribution in [0.2, 0.25) is 0 Å². The molecule has 1 N–H and O–H groups in total. The summed E-state index contributed by atoms with van der Waals surface area (Å²) >= 11 is 0. The number of nitrogens with one attached hydrogen (secondary N) is 1. The third-order valence-electron chi connectivity index (χ3n) is 6.16.